The second-order valence-electron chi connectivity index (χ2n) is 3.74. The molecule has 88 valence electrons. The fraction of sp³-hybridized carbons (Fsp3) is 0.400. The molecule has 6 heteroatoms. The summed E-state index contributed by atoms with van der Waals surface area (Å²) in [5.74, 6) is 0. The fourth-order valence-electron chi connectivity index (χ4n) is 1.84. The van der Waals surface area contributed by atoms with Gasteiger partial charge in [0.05, 0.1) is 10.9 Å². The van der Waals surface area contributed by atoms with Gasteiger partial charge in [-0.2, -0.15) is 0 Å². The Morgan fingerprint density at radius 2 is 2.00 bits per heavy atom. The van der Waals surface area contributed by atoms with Crippen molar-refractivity contribution in [2.24, 2.45) is 5.73 Å². The van der Waals surface area contributed by atoms with E-state index in [9.17, 15) is 8.42 Å². The monoisotopic (exact) mass is 304 g/mol. The number of halogens is 1. The molecule has 1 fully saturated rings. The van der Waals surface area contributed by atoms with Gasteiger partial charge in [0.2, 0.25) is 10.0 Å². The van der Waals surface area contributed by atoms with E-state index >= 15 is 0 Å². The van der Waals surface area contributed by atoms with E-state index in [2.05, 4.69) is 15.9 Å². The van der Waals surface area contributed by atoms with E-state index in [1.165, 1.54) is 4.31 Å². The van der Waals surface area contributed by atoms with E-state index in [1.807, 2.05) is 12.1 Å². The van der Waals surface area contributed by atoms with Crippen LogP contribution in [0, 0.1) is 0 Å². The van der Waals surface area contributed by atoms with Crippen LogP contribution in [0.3, 0.4) is 0 Å². The van der Waals surface area contributed by atoms with E-state index in [1.54, 1.807) is 12.1 Å². The van der Waals surface area contributed by atoms with E-state index in [0.717, 1.165) is 4.47 Å². The number of nitrogens with two attached hydrogens (primary N) is 1. The maximum absolute atomic E-state index is 12.0. The zero-order valence-electron chi connectivity index (χ0n) is 8.64. The summed E-state index contributed by atoms with van der Waals surface area (Å²) in [5.41, 5.74) is 6.17. The van der Waals surface area contributed by atoms with Gasteiger partial charge in [-0.25, -0.2) is 8.42 Å². The van der Waals surface area contributed by atoms with Crippen molar-refractivity contribution in [2.75, 3.05) is 17.4 Å². The summed E-state index contributed by atoms with van der Waals surface area (Å²) >= 11 is 3.32. The van der Waals surface area contributed by atoms with E-state index in [0.29, 0.717) is 18.7 Å². The summed E-state index contributed by atoms with van der Waals surface area (Å²) in [7, 11) is -3.25. The van der Waals surface area contributed by atoms with Crippen LogP contribution in [0.15, 0.2) is 28.7 Å². The lowest BCUT2D eigenvalue weighted by Crippen LogP contribution is -2.33. The van der Waals surface area contributed by atoms with Crippen LogP contribution >= 0.6 is 15.9 Å². The third-order valence-electron chi connectivity index (χ3n) is 2.76. The van der Waals surface area contributed by atoms with Gasteiger partial charge in [-0.1, -0.05) is 15.9 Å². The van der Waals surface area contributed by atoms with Gasteiger partial charge >= 0.3 is 0 Å². The third kappa shape index (κ3) is 1.97. The van der Waals surface area contributed by atoms with Crippen LogP contribution in [0.1, 0.15) is 6.42 Å². The highest BCUT2D eigenvalue weighted by Gasteiger charge is 2.37. The van der Waals surface area contributed by atoms with Gasteiger partial charge in [0, 0.05) is 17.6 Å². The smallest absolute Gasteiger partial charge is 0.239 e. The number of nitrogens with zero attached hydrogens (tertiary/aromatic N) is 1. The van der Waals surface area contributed by atoms with Crippen molar-refractivity contribution < 1.29 is 8.42 Å². The molecule has 2 rings (SSSR count). The summed E-state index contributed by atoms with van der Waals surface area (Å²) in [6, 6.07) is 7.25. The highest BCUT2D eigenvalue weighted by molar-refractivity contribution is 9.10. The summed E-state index contributed by atoms with van der Waals surface area (Å²) < 4.78 is 26.5. The Labute approximate surface area is 104 Å². The highest BCUT2D eigenvalue weighted by Crippen LogP contribution is 2.28. The predicted molar refractivity (Wildman–Crippen MR) is 67.9 cm³/mol. The molecule has 1 aromatic rings. The number of anilines is 1. The second kappa shape index (κ2) is 4.35. The molecule has 0 bridgehead atoms. The Hall–Kier alpha value is -0.590. The van der Waals surface area contributed by atoms with Crippen molar-refractivity contribution in [3.05, 3.63) is 28.7 Å². The number of sulfonamides is 1. The molecule has 0 aliphatic carbocycles. The lowest BCUT2D eigenvalue weighted by molar-refractivity contribution is 0.588. The van der Waals surface area contributed by atoms with Crippen molar-refractivity contribution in [1.29, 1.82) is 0 Å². The Morgan fingerprint density at radius 1 is 1.38 bits per heavy atom. The minimum Gasteiger partial charge on any atom is -0.329 e. The van der Waals surface area contributed by atoms with E-state index in [4.69, 9.17) is 5.73 Å². The maximum Gasteiger partial charge on any atom is 0.239 e. The van der Waals surface area contributed by atoms with Gasteiger partial charge < -0.3 is 5.73 Å². The van der Waals surface area contributed by atoms with Gasteiger partial charge in [-0.15, -0.1) is 0 Å². The summed E-state index contributed by atoms with van der Waals surface area (Å²) in [4.78, 5) is 0. The highest BCUT2D eigenvalue weighted by atomic mass is 79.9. The molecule has 1 aliphatic rings. The van der Waals surface area contributed by atoms with Crippen molar-refractivity contribution in [3.8, 4) is 0 Å². The van der Waals surface area contributed by atoms with Crippen molar-refractivity contribution in [3.63, 3.8) is 0 Å². The van der Waals surface area contributed by atoms with Crippen LogP contribution in [-0.4, -0.2) is 26.8 Å². The molecular formula is C10H13BrN2O2S. The topological polar surface area (TPSA) is 63.4 Å². The SMILES string of the molecule is NC[C@H]1CCN(c2ccc(Br)cc2)S1(=O)=O. The molecule has 1 aromatic carbocycles. The first-order valence-electron chi connectivity index (χ1n) is 5.03. The Morgan fingerprint density at radius 3 is 2.50 bits per heavy atom. The Kier molecular flexibility index (Phi) is 3.23. The van der Waals surface area contributed by atoms with E-state index in [-0.39, 0.29) is 6.54 Å². The largest absolute Gasteiger partial charge is 0.329 e. The number of hydrogen-bond acceptors (Lipinski definition) is 3. The molecule has 2 N–H and O–H groups in total. The number of rotatable bonds is 2. The molecule has 0 radical (unpaired) electrons. The van der Waals surface area contributed by atoms with Gasteiger partial charge in [0.1, 0.15) is 0 Å². The molecule has 0 unspecified atom stereocenters. The molecule has 4 nitrogen and oxygen atoms in total. The number of hydrogen-bond donors (Lipinski definition) is 1. The lowest BCUT2D eigenvalue weighted by atomic mass is 10.3. The van der Waals surface area contributed by atoms with Crippen molar-refractivity contribution in [2.45, 2.75) is 11.7 Å². The first-order valence-corrected chi connectivity index (χ1v) is 7.32. The zero-order chi connectivity index (χ0) is 11.8. The molecule has 0 spiro atoms. The van der Waals surface area contributed by atoms with Crippen LogP contribution in [0.25, 0.3) is 0 Å². The van der Waals surface area contributed by atoms with Gasteiger partial charge in [0.15, 0.2) is 0 Å². The van der Waals surface area contributed by atoms with Crippen LogP contribution in [-0.2, 0) is 10.0 Å². The average molecular weight is 305 g/mol. The molecular weight excluding hydrogens is 292 g/mol. The summed E-state index contributed by atoms with van der Waals surface area (Å²) in [5, 5.41) is -0.434. The van der Waals surface area contributed by atoms with Crippen LogP contribution in [0.5, 0.6) is 0 Å². The van der Waals surface area contributed by atoms with Gasteiger partial charge in [-0.3, -0.25) is 4.31 Å². The first-order chi connectivity index (χ1) is 7.55. The molecule has 1 aliphatic heterocycles. The average Bonchev–Trinajstić information content (AvgIpc) is 2.54. The molecule has 1 heterocycles. The molecule has 1 saturated heterocycles. The molecule has 0 amide bonds. The number of benzene rings is 1. The Bertz CT molecular complexity index is 472. The second-order valence-corrected chi connectivity index (χ2v) is 6.79. The summed E-state index contributed by atoms with van der Waals surface area (Å²) in [6.45, 7) is 0.710. The molecule has 16 heavy (non-hydrogen) atoms. The van der Waals surface area contributed by atoms with Gasteiger partial charge in [0.25, 0.3) is 0 Å². The lowest BCUT2D eigenvalue weighted by Gasteiger charge is -2.18. The summed E-state index contributed by atoms with van der Waals surface area (Å²) in [6.07, 6.45) is 0.606. The maximum atomic E-state index is 12.0. The normalized spacial score (nSPS) is 23.6. The minimum absolute atomic E-state index is 0.190. The van der Waals surface area contributed by atoms with Crippen LogP contribution in [0.4, 0.5) is 5.69 Å². The third-order valence-corrected chi connectivity index (χ3v) is 5.57. The molecule has 0 aromatic heterocycles. The quantitative estimate of drug-likeness (QED) is 0.896. The Balaban J connectivity index is 2.33. The van der Waals surface area contributed by atoms with Crippen molar-refractivity contribution >= 4 is 31.6 Å². The molecule has 1 atom stereocenters. The van der Waals surface area contributed by atoms with Crippen molar-refractivity contribution in [1.82, 2.24) is 0 Å². The minimum atomic E-state index is -3.25. The fourth-order valence-corrected chi connectivity index (χ4v) is 3.89. The standard InChI is InChI=1S/C10H13BrN2O2S/c11-8-1-3-9(4-2-8)13-6-5-10(7-12)16(13,14)15/h1-4,10H,5-7,12H2/t10-/m1/s1. The van der Waals surface area contributed by atoms with E-state index < -0.39 is 15.3 Å². The predicted octanol–water partition coefficient (Wildman–Crippen LogP) is 1.32. The van der Waals surface area contributed by atoms with Gasteiger partial charge in [-0.05, 0) is 30.7 Å². The molecule has 0 saturated carbocycles. The zero-order valence-corrected chi connectivity index (χ0v) is 11.0. The van der Waals surface area contributed by atoms with Crippen LogP contribution < -0.4 is 10.0 Å². The van der Waals surface area contributed by atoms with Crippen LogP contribution in [0.2, 0.25) is 0 Å². The first kappa shape index (κ1) is 11.9.